The third-order valence-electron chi connectivity index (χ3n) is 6.18. The van der Waals surface area contributed by atoms with Crippen LogP contribution in [0.5, 0.6) is 5.75 Å². The number of hydrogen-bond donors (Lipinski definition) is 1. The van der Waals surface area contributed by atoms with Crippen molar-refractivity contribution >= 4 is 10.0 Å². The molecule has 5 rings (SSSR count). The average Bonchev–Trinajstić information content (AvgIpc) is 3.35. The molecular formula is C23H22F2N2O4S. The minimum atomic E-state index is -3.36. The highest BCUT2D eigenvalue weighted by Crippen LogP contribution is 2.45. The Kier molecular flexibility index (Phi) is 5.05. The fourth-order valence-corrected chi connectivity index (χ4v) is 5.65. The number of sulfonamides is 1. The molecule has 4 bridgehead atoms. The van der Waals surface area contributed by atoms with Crippen molar-refractivity contribution in [2.24, 2.45) is 0 Å². The minimum Gasteiger partial charge on any atom is -0.486 e. The highest BCUT2D eigenvalue weighted by molar-refractivity contribution is 7.88. The zero-order valence-electron chi connectivity index (χ0n) is 17.4. The van der Waals surface area contributed by atoms with Crippen LogP contribution in [0.3, 0.4) is 0 Å². The van der Waals surface area contributed by atoms with E-state index in [0.29, 0.717) is 48.4 Å². The fourth-order valence-electron chi connectivity index (χ4n) is 4.85. The van der Waals surface area contributed by atoms with E-state index in [1.54, 1.807) is 12.1 Å². The van der Waals surface area contributed by atoms with Crippen molar-refractivity contribution in [3.8, 4) is 16.9 Å². The molecular weight excluding hydrogens is 438 g/mol. The lowest BCUT2D eigenvalue weighted by Crippen LogP contribution is -2.35. The SMILES string of the molecule is CS(=O)(=O)N[C@H]1CC[C@@]2(Cc3ccc(F)c(c3)-c3ccc(F)cc3OCc3coc2n3)C1. The lowest BCUT2D eigenvalue weighted by atomic mass is 9.79. The molecule has 1 spiro atoms. The normalized spacial score (nSPS) is 22.7. The molecule has 6 nitrogen and oxygen atoms in total. The van der Waals surface area contributed by atoms with Gasteiger partial charge < -0.3 is 9.15 Å². The summed E-state index contributed by atoms with van der Waals surface area (Å²) in [4.78, 5) is 4.63. The topological polar surface area (TPSA) is 81.4 Å². The van der Waals surface area contributed by atoms with Crippen LogP contribution in [0.25, 0.3) is 11.1 Å². The van der Waals surface area contributed by atoms with E-state index in [2.05, 4.69) is 9.71 Å². The molecule has 1 aliphatic carbocycles. The fraction of sp³-hybridized carbons (Fsp3) is 0.348. The van der Waals surface area contributed by atoms with Crippen molar-refractivity contribution in [1.29, 1.82) is 0 Å². The maximum atomic E-state index is 14.8. The molecule has 32 heavy (non-hydrogen) atoms. The molecule has 0 saturated heterocycles. The van der Waals surface area contributed by atoms with E-state index in [1.807, 2.05) is 0 Å². The summed E-state index contributed by atoms with van der Waals surface area (Å²) < 4.78 is 66.6. The summed E-state index contributed by atoms with van der Waals surface area (Å²) in [5.74, 6) is -0.198. The van der Waals surface area contributed by atoms with Crippen molar-refractivity contribution < 1.29 is 26.4 Å². The molecule has 1 saturated carbocycles. The molecule has 0 unspecified atom stereocenters. The quantitative estimate of drug-likeness (QED) is 0.623. The predicted molar refractivity (Wildman–Crippen MR) is 114 cm³/mol. The molecule has 1 fully saturated rings. The van der Waals surface area contributed by atoms with Gasteiger partial charge in [-0.15, -0.1) is 0 Å². The highest BCUT2D eigenvalue weighted by Gasteiger charge is 2.45. The molecule has 9 heteroatoms. The van der Waals surface area contributed by atoms with Gasteiger partial charge in [-0.05, 0) is 55.5 Å². The smallest absolute Gasteiger partial charge is 0.208 e. The second-order valence-electron chi connectivity index (χ2n) is 8.67. The number of nitrogens with zero attached hydrogens (tertiary/aromatic N) is 1. The zero-order chi connectivity index (χ0) is 22.5. The number of rotatable bonds is 2. The summed E-state index contributed by atoms with van der Waals surface area (Å²) in [5.41, 5.74) is 1.60. The van der Waals surface area contributed by atoms with E-state index in [0.717, 1.165) is 11.8 Å². The first-order valence-electron chi connectivity index (χ1n) is 10.3. The highest BCUT2D eigenvalue weighted by atomic mass is 32.2. The first-order valence-corrected chi connectivity index (χ1v) is 12.2. The summed E-state index contributed by atoms with van der Waals surface area (Å²) >= 11 is 0. The van der Waals surface area contributed by atoms with E-state index >= 15 is 0 Å². The second-order valence-corrected chi connectivity index (χ2v) is 10.5. The van der Waals surface area contributed by atoms with Gasteiger partial charge in [-0.1, -0.05) is 6.07 Å². The third kappa shape index (κ3) is 4.02. The number of oxazole rings is 1. The third-order valence-corrected chi connectivity index (χ3v) is 6.94. The number of aromatic nitrogens is 1. The van der Waals surface area contributed by atoms with E-state index in [-0.39, 0.29) is 18.4 Å². The summed E-state index contributed by atoms with van der Waals surface area (Å²) in [5, 5.41) is 0. The van der Waals surface area contributed by atoms with Gasteiger partial charge in [-0.3, -0.25) is 0 Å². The van der Waals surface area contributed by atoms with Gasteiger partial charge in [0.2, 0.25) is 15.9 Å². The Bertz CT molecular complexity index is 1290. The van der Waals surface area contributed by atoms with E-state index in [9.17, 15) is 17.2 Å². The van der Waals surface area contributed by atoms with E-state index in [4.69, 9.17) is 9.15 Å². The van der Waals surface area contributed by atoms with Crippen LogP contribution in [-0.2, 0) is 28.5 Å². The zero-order valence-corrected chi connectivity index (χ0v) is 18.2. The van der Waals surface area contributed by atoms with Crippen molar-refractivity contribution in [3.05, 3.63) is 71.4 Å². The molecule has 0 radical (unpaired) electrons. The molecule has 2 aliphatic rings. The van der Waals surface area contributed by atoms with Crippen LogP contribution in [-0.4, -0.2) is 25.7 Å². The molecule has 0 amide bonds. The van der Waals surface area contributed by atoms with Crippen LogP contribution in [0.2, 0.25) is 0 Å². The number of ether oxygens (including phenoxy) is 1. The number of fused-ring (bicyclic) bond motifs is 7. The summed E-state index contributed by atoms with van der Waals surface area (Å²) in [7, 11) is -3.36. The van der Waals surface area contributed by atoms with Crippen LogP contribution in [0, 0.1) is 11.6 Å². The Morgan fingerprint density at radius 3 is 2.81 bits per heavy atom. The average molecular weight is 461 g/mol. The van der Waals surface area contributed by atoms with Crippen LogP contribution in [0.15, 0.2) is 47.1 Å². The van der Waals surface area contributed by atoms with E-state index in [1.165, 1.54) is 30.5 Å². The number of halogens is 2. The van der Waals surface area contributed by atoms with Crippen molar-refractivity contribution in [2.75, 3.05) is 6.26 Å². The molecule has 2 heterocycles. The van der Waals surface area contributed by atoms with Gasteiger partial charge in [0.05, 0.1) is 11.7 Å². The van der Waals surface area contributed by atoms with Crippen molar-refractivity contribution in [3.63, 3.8) is 0 Å². The maximum absolute atomic E-state index is 14.8. The predicted octanol–water partition coefficient (Wildman–Crippen LogP) is 4.09. The Labute approximate surface area is 184 Å². The van der Waals surface area contributed by atoms with Crippen LogP contribution < -0.4 is 9.46 Å². The monoisotopic (exact) mass is 460 g/mol. The summed E-state index contributed by atoms with van der Waals surface area (Å²) in [6.45, 7) is 0.0301. The first-order chi connectivity index (χ1) is 15.2. The van der Waals surface area contributed by atoms with Crippen LogP contribution in [0.1, 0.15) is 36.4 Å². The number of benzene rings is 2. The lowest BCUT2D eigenvalue weighted by molar-refractivity contribution is 0.300. The van der Waals surface area contributed by atoms with Gasteiger partial charge in [0.1, 0.15) is 35.9 Å². The largest absolute Gasteiger partial charge is 0.486 e. The Hall–Kier alpha value is -2.78. The summed E-state index contributed by atoms with van der Waals surface area (Å²) in [6.07, 6.45) is 4.95. The van der Waals surface area contributed by atoms with Crippen molar-refractivity contribution in [2.45, 2.75) is 43.7 Å². The van der Waals surface area contributed by atoms with Gasteiger partial charge >= 0.3 is 0 Å². The standard InChI is InChI=1S/C23H22F2N2O4S/c1-32(28,29)27-16-6-7-23(11-16)10-14-2-5-20(25)19(8-14)18-4-3-15(24)9-21(18)30-12-17-13-31-22(23)26-17/h2-5,8-9,13,16,27H,6-7,10-12H2,1H3/t16-,23+/m0/s1. The second kappa shape index (κ2) is 7.67. The molecule has 2 aromatic carbocycles. The Morgan fingerprint density at radius 2 is 2.00 bits per heavy atom. The number of nitrogens with one attached hydrogen (secondary N) is 1. The molecule has 1 aliphatic heterocycles. The molecule has 3 aromatic rings. The molecule has 1 aromatic heterocycles. The van der Waals surface area contributed by atoms with Crippen molar-refractivity contribution in [1.82, 2.24) is 9.71 Å². The summed E-state index contributed by atoms with van der Waals surface area (Å²) in [6, 6.07) is 8.59. The van der Waals surface area contributed by atoms with Gasteiger partial charge in [0.25, 0.3) is 0 Å². The van der Waals surface area contributed by atoms with Gasteiger partial charge in [0.15, 0.2) is 0 Å². The lowest BCUT2D eigenvalue weighted by Gasteiger charge is -2.27. The maximum Gasteiger partial charge on any atom is 0.208 e. The van der Waals surface area contributed by atoms with Crippen LogP contribution in [0.4, 0.5) is 8.78 Å². The molecule has 2 atom stereocenters. The van der Waals surface area contributed by atoms with Gasteiger partial charge in [-0.2, -0.15) is 0 Å². The molecule has 168 valence electrons. The first kappa shape index (κ1) is 21.1. The van der Waals surface area contributed by atoms with Crippen LogP contribution >= 0.6 is 0 Å². The van der Waals surface area contributed by atoms with E-state index < -0.39 is 27.1 Å². The number of hydrogen-bond acceptors (Lipinski definition) is 5. The molecule has 1 N–H and O–H groups in total. The minimum absolute atomic E-state index is 0.0301. The Morgan fingerprint density at radius 1 is 1.16 bits per heavy atom. The van der Waals surface area contributed by atoms with Gasteiger partial charge in [0, 0.05) is 23.2 Å². The van der Waals surface area contributed by atoms with Gasteiger partial charge in [-0.25, -0.2) is 26.9 Å². The Balaban J connectivity index is 1.61.